The van der Waals surface area contributed by atoms with Crippen molar-refractivity contribution < 1.29 is 19.4 Å². The zero-order valence-corrected chi connectivity index (χ0v) is 15.1. The van der Waals surface area contributed by atoms with E-state index >= 15 is 0 Å². The zero-order valence-electron chi connectivity index (χ0n) is 13.5. The van der Waals surface area contributed by atoms with Gasteiger partial charge in [0.25, 0.3) is 0 Å². The molecule has 0 fully saturated rings. The van der Waals surface area contributed by atoms with Crippen molar-refractivity contribution in [1.82, 2.24) is 0 Å². The van der Waals surface area contributed by atoms with Crippen LogP contribution >= 0.6 is 23.5 Å². The summed E-state index contributed by atoms with van der Waals surface area (Å²) in [6.07, 6.45) is 3.63. The van der Waals surface area contributed by atoms with Crippen molar-refractivity contribution in [2.45, 2.75) is 20.8 Å². The Hall–Kier alpha value is -1.38. The molecule has 0 aromatic rings. The summed E-state index contributed by atoms with van der Waals surface area (Å²) >= 11 is 2.82. The third-order valence-corrected chi connectivity index (χ3v) is 4.29. The third-order valence-electron chi connectivity index (χ3n) is 2.56. The number of thioether (sulfide) groups is 2. The number of esters is 1. The van der Waals surface area contributed by atoms with E-state index in [-0.39, 0.29) is 0 Å². The van der Waals surface area contributed by atoms with E-state index < -0.39 is 22.8 Å². The number of carbonyl (C=O) groups excluding carboxylic acids is 1. The number of carboxylic acids is 1. The van der Waals surface area contributed by atoms with Crippen LogP contribution in [0.25, 0.3) is 0 Å². The quantitative estimate of drug-likeness (QED) is 0.699. The third kappa shape index (κ3) is 7.58. The van der Waals surface area contributed by atoms with Crippen molar-refractivity contribution in [3.63, 3.8) is 0 Å². The Kier molecular flexibility index (Phi) is 11.7. The molecule has 0 radical (unpaired) electrons. The molecule has 124 valence electrons. The molecular weight excluding hydrogens is 324 g/mol. The summed E-state index contributed by atoms with van der Waals surface area (Å²) in [6.45, 7) is 5.08. The van der Waals surface area contributed by atoms with Crippen LogP contribution in [0.2, 0.25) is 0 Å². The summed E-state index contributed by atoms with van der Waals surface area (Å²) < 4.78 is 4.78. The van der Waals surface area contributed by atoms with Crippen LogP contribution < -0.4 is 0 Å². The summed E-state index contributed by atoms with van der Waals surface area (Å²) in [7, 11) is 0. The minimum absolute atomic E-state index is 0.324. The fraction of sp³-hybridized carbons (Fsp3) is 0.714. The Labute approximate surface area is 140 Å². The number of nitriles is 2. The smallest absolute Gasteiger partial charge is 0.327 e. The molecule has 2 unspecified atom stereocenters. The highest BCUT2D eigenvalue weighted by molar-refractivity contribution is 7.98. The van der Waals surface area contributed by atoms with Crippen LogP contribution in [0.3, 0.4) is 0 Å². The summed E-state index contributed by atoms with van der Waals surface area (Å²) in [5, 5.41) is 25.7. The molecule has 0 saturated heterocycles. The van der Waals surface area contributed by atoms with Crippen molar-refractivity contribution in [3.05, 3.63) is 0 Å². The second kappa shape index (κ2) is 11.2. The van der Waals surface area contributed by atoms with Gasteiger partial charge in [0.15, 0.2) is 10.8 Å². The first-order valence-corrected chi connectivity index (χ1v) is 9.17. The standard InChI is InChI=1S/C8H13NO2S.C6H9NO2S/c1-4-11-7(10)8(2,5-9)6-12-3;1-6(3-7,4-10-2)5(8)9/h4,6H2,1-3H3;4H2,1-2H3,(H,8,9). The molecule has 1 N–H and O–H groups in total. The average molecular weight is 346 g/mol. The van der Waals surface area contributed by atoms with E-state index in [4.69, 9.17) is 20.4 Å². The number of rotatable bonds is 7. The largest absolute Gasteiger partial charge is 0.480 e. The summed E-state index contributed by atoms with van der Waals surface area (Å²) in [6, 6.07) is 3.73. The van der Waals surface area contributed by atoms with Crippen molar-refractivity contribution >= 4 is 35.5 Å². The van der Waals surface area contributed by atoms with Gasteiger partial charge < -0.3 is 9.84 Å². The Morgan fingerprint density at radius 2 is 1.50 bits per heavy atom. The van der Waals surface area contributed by atoms with E-state index in [2.05, 4.69) is 0 Å². The molecule has 0 heterocycles. The van der Waals surface area contributed by atoms with Gasteiger partial charge in [-0.1, -0.05) is 0 Å². The zero-order chi connectivity index (χ0) is 17.8. The fourth-order valence-electron chi connectivity index (χ4n) is 1.15. The number of aliphatic carboxylic acids is 1. The van der Waals surface area contributed by atoms with Gasteiger partial charge in [-0.05, 0) is 33.3 Å². The Balaban J connectivity index is 0. The summed E-state index contributed by atoms with van der Waals surface area (Å²) in [5.74, 6) is -0.674. The molecule has 0 aromatic carbocycles. The molecule has 0 aliphatic heterocycles. The van der Waals surface area contributed by atoms with Gasteiger partial charge in [0.1, 0.15) is 0 Å². The molecule has 6 nitrogen and oxygen atoms in total. The Bertz CT molecular complexity index is 459. The highest BCUT2D eigenvalue weighted by atomic mass is 32.2. The normalized spacial score (nSPS) is 14.9. The van der Waals surface area contributed by atoms with Crippen LogP contribution in [-0.2, 0) is 14.3 Å². The van der Waals surface area contributed by atoms with Gasteiger partial charge in [-0.2, -0.15) is 34.0 Å². The lowest BCUT2D eigenvalue weighted by Gasteiger charge is -2.17. The van der Waals surface area contributed by atoms with E-state index in [9.17, 15) is 9.59 Å². The van der Waals surface area contributed by atoms with Crippen molar-refractivity contribution in [1.29, 1.82) is 10.5 Å². The van der Waals surface area contributed by atoms with Gasteiger partial charge in [0, 0.05) is 11.5 Å². The van der Waals surface area contributed by atoms with Gasteiger partial charge in [0.05, 0.1) is 18.7 Å². The minimum Gasteiger partial charge on any atom is -0.480 e. The molecule has 0 aliphatic rings. The number of hydrogen-bond donors (Lipinski definition) is 1. The molecule has 0 aliphatic carbocycles. The fourth-order valence-corrected chi connectivity index (χ4v) is 2.67. The van der Waals surface area contributed by atoms with E-state index in [0.29, 0.717) is 18.1 Å². The van der Waals surface area contributed by atoms with Crippen molar-refractivity contribution in [3.8, 4) is 12.1 Å². The molecule has 22 heavy (non-hydrogen) atoms. The lowest BCUT2D eigenvalue weighted by molar-refractivity contribution is -0.150. The molecule has 0 aromatic heterocycles. The number of nitrogens with zero attached hydrogens (tertiary/aromatic N) is 2. The highest BCUT2D eigenvalue weighted by Gasteiger charge is 2.34. The van der Waals surface area contributed by atoms with Crippen LogP contribution in [0.15, 0.2) is 0 Å². The maximum atomic E-state index is 11.2. The molecule has 0 amide bonds. The van der Waals surface area contributed by atoms with Crippen molar-refractivity contribution in [2.24, 2.45) is 10.8 Å². The molecule has 0 saturated carbocycles. The van der Waals surface area contributed by atoms with Crippen LogP contribution in [0, 0.1) is 33.5 Å². The topological polar surface area (TPSA) is 111 Å². The number of carbonyl (C=O) groups is 2. The van der Waals surface area contributed by atoms with E-state index in [1.54, 1.807) is 26.2 Å². The van der Waals surface area contributed by atoms with E-state index in [0.717, 1.165) is 0 Å². The second-order valence-corrected chi connectivity index (χ2v) is 6.51. The van der Waals surface area contributed by atoms with Crippen LogP contribution in [0.4, 0.5) is 0 Å². The van der Waals surface area contributed by atoms with E-state index in [1.807, 2.05) is 12.3 Å². The van der Waals surface area contributed by atoms with Crippen LogP contribution in [0.1, 0.15) is 20.8 Å². The lowest BCUT2D eigenvalue weighted by Crippen LogP contribution is -2.30. The van der Waals surface area contributed by atoms with E-state index in [1.165, 1.54) is 30.4 Å². The molecule has 0 spiro atoms. The predicted octanol–water partition coefficient (Wildman–Crippen LogP) is 2.41. The second-order valence-electron chi connectivity index (χ2n) is 4.78. The number of carboxylic acid groups (broad SMARTS) is 1. The van der Waals surface area contributed by atoms with Gasteiger partial charge in [-0.15, -0.1) is 0 Å². The maximum Gasteiger partial charge on any atom is 0.327 e. The highest BCUT2D eigenvalue weighted by Crippen LogP contribution is 2.22. The molecule has 8 heteroatoms. The number of hydrogen-bond acceptors (Lipinski definition) is 7. The Morgan fingerprint density at radius 3 is 1.73 bits per heavy atom. The van der Waals surface area contributed by atoms with Crippen LogP contribution in [-0.4, -0.2) is 47.7 Å². The molecule has 0 bridgehead atoms. The predicted molar refractivity (Wildman–Crippen MR) is 88.5 cm³/mol. The number of ether oxygens (including phenoxy) is 1. The first-order chi connectivity index (χ1) is 10.2. The summed E-state index contributed by atoms with van der Waals surface area (Å²) in [5.41, 5.74) is -2.21. The molecule has 2 atom stereocenters. The minimum atomic E-state index is -1.22. The van der Waals surface area contributed by atoms with Gasteiger partial charge >= 0.3 is 11.9 Å². The molecular formula is C14H22N2O4S2. The van der Waals surface area contributed by atoms with Gasteiger partial charge in [-0.3, -0.25) is 9.59 Å². The molecule has 0 rings (SSSR count). The monoisotopic (exact) mass is 346 g/mol. The maximum absolute atomic E-state index is 11.2. The van der Waals surface area contributed by atoms with Gasteiger partial charge in [-0.25, -0.2) is 0 Å². The lowest BCUT2D eigenvalue weighted by atomic mass is 9.96. The van der Waals surface area contributed by atoms with Crippen LogP contribution in [0.5, 0.6) is 0 Å². The first-order valence-electron chi connectivity index (χ1n) is 6.38. The Morgan fingerprint density at radius 1 is 1.09 bits per heavy atom. The first kappa shape index (κ1) is 22.9. The SMILES string of the molecule is CCOC(=O)C(C)(C#N)CSC.CSCC(C)(C#N)C(=O)O. The van der Waals surface area contributed by atoms with Crippen molar-refractivity contribution in [2.75, 3.05) is 30.6 Å². The van der Waals surface area contributed by atoms with Gasteiger partial charge in [0.2, 0.25) is 0 Å². The average Bonchev–Trinajstić information content (AvgIpc) is 2.48. The summed E-state index contributed by atoms with van der Waals surface area (Å²) in [4.78, 5) is 21.6.